The maximum atomic E-state index is 13.2. The van der Waals surface area contributed by atoms with E-state index in [1.807, 2.05) is 0 Å². The lowest BCUT2D eigenvalue weighted by molar-refractivity contribution is -0.384. The van der Waals surface area contributed by atoms with Crippen molar-refractivity contribution in [2.24, 2.45) is 5.14 Å². The van der Waals surface area contributed by atoms with E-state index < -0.39 is 44.0 Å². The van der Waals surface area contributed by atoms with Crippen molar-refractivity contribution in [3.63, 3.8) is 0 Å². The Labute approximate surface area is 123 Å². The Bertz CT molecular complexity index is 738. The zero-order valence-corrected chi connectivity index (χ0v) is 11.9. The minimum Gasteiger partial charge on any atom is -0.304 e. The summed E-state index contributed by atoms with van der Waals surface area (Å²) in [6, 6.07) is 1.42. The number of carbonyl (C=O) groups excluding carboxylic acids is 1. The number of hydrogen-bond donors (Lipinski definition) is 1. The first-order chi connectivity index (χ1) is 9.61. The van der Waals surface area contributed by atoms with Gasteiger partial charge in [0.2, 0.25) is 15.9 Å². The number of halogens is 2. The Kier molecular flexibility index (Phi) is 3.87. The third-order valence-corrected chi connectivity index (χ3v) is 4.56. The summed E-state index contributed by atoms with van der Waals surface area (Å²) in [4.78, 5) is 22.8. The molecule has 11 heteroatoms. The number of nitrogens with two attached hydrogens (primary N) is 1. The van der Waals surface area contributed by atoms with Crippen molar-refractivity contribution in [1.82, 2.24) is 0 Å². The van der Waals surface area contributed by atoms with Crippen LogP contribution in [0.1, 0.15) is 6.42 Å². The minimum atomic E-state index is -3.98. The molecule has 0 radical (unpaired) electrons. The zero-order valence-electron chi connectivity index (χ0n) is 10.3. The number of nitrogens with zero attached hydrogens (tertiary/aromatic N) is 2. The van der Waals surface area contributed by atoms with Crippen LogP contribution in [0.15, 0.2) is 12.1 Å². The van der Waals surface area contributed by atoms with Gasteiger partial charge in [-0.1, -0.05) is 11.6 Å². The maximum Gasteiger partial charge on any atom is 0.297 e. The number of nitro benzene ring substituents is 1. The second-order valence-electron chi connectivity index (χ2n) is 4.43. The minimum absolute atomic E-state index is 0.334. The largest absolute Gasteiger partial charge is 0.304 e. The summed E-state index contributed by atoms with van der Waals surface area (Å²) in [7, 11) is -3.98. The van der Waals surface area contributed by atoms with Gasteiger partial charge in [-0.3, -0.25) is 14.9 Å². The molecule has 2 rings (SSSR count). The quantitative estimate of drug-likeness (QED) is 0.644. The molecule has 0 spiro atoms. The number of primary sulfonamides is 1. The smallest absolute Gasteiger partial charge is 0.297 e. The van der Waals surface area contributed by atoms with Gasteiger partial charge in [-0.15, -0.1) is 0 Å². The van der Waals surface area contributed by atoms with E-state index in [9.17, 15) is 27.7 Å². The van der Waals surface area contributed by atoms with E-state index in [2.05, 4.69) is 0 Å². The van der Waals surface area contributed by atoms with E-state index in [-0.39, 0.29) is 17.3 Å². The van der Waals surface area contributed by atoms with Crippen LogP contribution in [0.4, 0.5) is 15.8 Å². The van der Waals surface area contributed by atoms with Crippen molar-refractivity contribution in [3.05, 3.63) is 33.1 Å². The number of sulfonamides is 1. The first kappa shape index (κ1) is 15.6. The molecule has 1 aromatic rings. The maximum absolute atomic E-state index is 13.2. The van der Waals surface area contributed by atoms with Gasteiger partial charge >= 0.3 is 0 Å². The van der Waals surface area contributed by atoms with Gasteiger partial charge in [-0.2, -0.15) is 0 Å². The molecule has 21 heavy (non-hydrogen) atoms. The Morgan fingerprint density at radius 3 is 2.57 bits per heavy atom. The number of benzene rings is 1. The monoisotopic (exact) mass is 337 g/mol. The van der Waals surface area contributed by atoms with E-state index in [1.54, 1.807) is 0 Å². The van der Waals surface area contributed by atoms with Crippen LogP contribution in [0.3, 0.4) is 0 Å². The average molecular weight is 338 g/mol. The van der Waals surface area contributed by atoms with E-state index in [1.165, 1.54) is 0 Å². The third-order valence-electron chi connectivity index (χ3n) is 3.03. The molecule has 1 fully saturated rings. The number of carbonyl (C=O) groups is 1. The van der Waals surface area contributed by atoms with Gasteiger partial charge in [-0.25, -0.2) is 17.9 Å². The highest BCUT2D eigenvalue weighted by atomic mass is 35.5. The molecule has 114 valence electrons. The number of anilines is 1. The van der Waals surface area contributed by atoms with Gasteiger partial charge in [0.1, 0.15) is 16.8 Å². The van der Waals surface area contributed by atoms with Gasteiger partial charge in [-0.05, 0) is 6.07 Å². The third kappa shape index (κ3) is 2.96. The second-order valence-corrected chi connectivity index (χ2v) is 6.68. The van der Waals surface area contributed by atoms with Crippen molar-refractivity contribution in [1.29, 1.82) is 0 Å². The summed E-state index contributed by atoms with van der Waals surface area (Å²) in [6.45, 7) is -0.371. The average Bonchev–Trinajstić information content (AvgIpc) is 2.70. The van der Waals surface area contributed by atoms with Crippen LogP contribution >= 0.6 is 11.6 Å². The molecule has 1 aliphatic heterocycles. The highest BCUT2D eigenvalue weighted by Gasteiger charge is 2.40. The van der Waals surface area contributed by atoms with Crippen LogP contribution in [0.5, 0.6) is 0 Å². The molecule has 8 nitrogen and oxygen atoms in total. The van der Waals surface area contributed by atoms with E-state index in [4.69, 9.17) is 16.7 Å². The summed E-state index contributed by atoms with van der Waals surface area (Å²) in [5, 5.41) is 14.4. The SMILES string of the molecule is NS(=O)(=O)C1CC(=O)N(c2c(Cl)cc(F)cc2[N+](=O)[O-])C1. The molecule has 1 aromatic carbocycles. The first-order valence-electron chi connectivity index (χ1n) is 5.56. The Balaban J connectivity index is 2.53. The fourth-order valence-electron chi connectivity index (χ4n) is 2.07. The van der Waals surface area contributed by atoms with Crippen molar-refractivity contribution in [2.75, 3.05) is 11.4 Å². The highest BCUT2D eigenvalue weighted by molar-refractivity contribution is 7.89. The molecule has 1 unspecified atom stereocenters. The Morgan fingerprint density at radius 1 is 1.48 bits per heavy atom. The normalized spacial score (nSPS) is 19.1. The van der Waals surface area contributed by atoms with Crippen molar-refractivity contribution in [3.8, 4) is 0 Å². The second kappa shape index (κ2) is 5.20. The van der Waals surface area contributed by atoms with Crippen LogP contribution < -0.4 is 10.0 Å². The molecule has 1 heterocycles. The van der Waals surface area contributed by atoms with Crippen LogP contribution in [0, 0.1) is 15.9 Å². The number of amides is 1. The molecule has 1 aliphatic rings. The van der Waals surface area contributed by atoms with Gasteiger partial charge in [0.15, 0.2) is 0 Å². The van der Waals surface area contributed by atoms with Crippen molar-refractivity contribution < 1.29 is 22.5 Å². The van der Waals surface area contributed by atoms with E-state index in [0.717, 1.165) is 11.0 Å². The number of hydrogen-bond acceptors (Lipinski definition) is 5. The van der Waals surface area contributed by atoms with Crippen LogP contribution in [-0.4, -0.2) is 31.0 Å². The summed E-state index contributed by atoms with van der Waals surface area (Å²) in [5.41, 5.74) is -1.05. The fraction of sp³-hybridized carbons (Fsp3) is 0.300. The van der Waals surface area contributed by atoms with Gasteiger partial charge in [0.05, 0.1) is 16.0 Å². The molecule has 0 bridgehead atoms. The van der Waals surface area contributed by atoms with Crippen molar-refractivity contribution >= 4 is 38.9 Å². The van der Waals surface area contributed by atoms with Crippen molar-refractivity contribution in [2.45, 2.75) is 11.7 Å². The summed E-state index contributed by atoms with van der Waals surface area (Å²) < 4.78 is 35.8. The number of nitro groups is 1. The van der Waals surface area contributed by atoms with Gasteiger partial charge < -0.3 is 4.90 Å². The molecule has 1 amide bonds. The summed E-state index contributed by atoms with van der Waals surface area (Å²) in [6.07, 6.45) is -0.413. The zero-order chi connectivity index (χ0) is 15.9. The Hall–Kier alpha value is -1.78. The van der Waals surface area contributed by atoms with Crippen LogP contribution in [-0.2, 0) is 14.8 Å². The lowest BCUT2D eigenvalue weighted by atomic mass is 10.2. The molecular formula is C10H9ClFN3O5S. The molecule has 1 atom stereocenters. The molecular weight excluding hydrogens is 329 g/mol. The lowest BCUT2D eigenvalue weighted by Gasteiger charge is -2.17. The summed E-state index contributed by atoms with van der Waals surface area (Å²) >= 11 is 5.77. The number of rotatable bonds is 3. The van der Waals surface area contributed by atoms with E-state index >= 15 is 0 Å². The summed E-state index contributed by atoms with van der Waals surface area (Å²) in [5.74, 6) is -1.63. The molecule has 0 aromatic heterocycles. The predicted molar refractivity (Wildman–Crippen MR) is 71.9 cm³/mol. The fourth-order valence-corrected chi connectivity index (χ4v) is 3.10. The first-order valence-corrected chi connectivity index (χ1v) is 7.55. The molecule has 1 saturated heterocycles. The lowest BCUT2D eigenvalue weighted by Crippen LogP contribution is -2.32. The standard InChI is InChI=1S/C10H9ClFN3O5S/c11-7-1-5(12)2-8(15(17)18)10(7)14-4-6(3-9(14)16)21(13,19)20/h1-2,6H,3-4H2,(H2,13,19,20). The topological polar surface area (TPSA) is 124 Å². The van der Waals surface area contributed by atoms with E-state index in [0.29, 0.717) is 6.07 Å². The highest BCUT2D eigenvalue weighted by Crippen LogP contribution is 2.39. The molecule has 0 aliphatic carbocycles. The van der Waals surface area contributed by atoms with Gasteiger partial charge in [0.25, 0.3) is 5.69 Å². The van der Waals surface area contributed by atoms with Crippen LogP contribution in [0.2, 0.25) is 5.02 Å². The van der Waals surface area contributed by atoms with Crippen LogP contribution in [0.25, 0.3) is 0 Å². The molecule has 0 saturated carbocycles. The molecule has 2 N–H and O–H groups in total. The Morgan fingerprint density at radius 2 is 2.10 bits per heavy atom. The van der Waals surface area contributed by atoms with Gasteiger partial charge in [0, 0.05) is 13.0 Å². The predicted octanol–water partition coefficient (Wildman–Crippen LogP) is 0.781.